The van der Waals surface area contributed by atoms with Gasteiger partial charge in [-0.25, -0.2) is 4.98 Å². The lowest BCUT2D eigenvalue weighted by atomic mass is 10.2. The normalized spacial score (nSPS) is 10.3. The highest BCUT2D eigenvalue weighted by Crippen LogP contribution is 2.24. The average Bonchev–Trinajstić information content (AvgIpc) is 2.34. The number of hydrogen-bond donors (Lipinski definition) is 0. The van der Waals surface area contributed by atoms with Gasteiger partial charge in [0, 0.05) is 11.2 Å². The van der Waals surface area contributed by atoms with E-state index < -0.39 is 0 Å². The zero-order valence-corrected chi connectivity index (χ0v) is 10.7. The minimum absolute atomic E-state index is 0.309. The van der Waals surface area contributed by atoms with E-state index in [1.54, 1.807) is 24.5 Å². The van der Waals surface area contributed by atoms with Gasteiger partial charge in [-0.2, -0.15) is 0 Å². The molecule has 0 fully saturated rings. The van der Waals surface area contributed by atoms with Crippen molar-refractivity contribution in [1.29, 1.82) is 0 Å². The van der Waals surface area contributed by atoms with Gasteiger partial charge in [-0.3, -0.25) is 4.98 Å². The number of nitrogens with zero attached hydrogens (tertiary/aromatic N) is 2. The number of aryl methyl sites for hydroxylation is 1. The van der Waals surface area contributed by atoms with Crippen molar-refractivity contribution in [1.82, 2.24) is 9.97 Å². The van der Waals surface area contributed by atoms with E-state index >= 15 is 0 Å². The van der Waals surface area contributed by atoms with Gasteiger partial charge in [0.05, 0.1) is 17.8 Å². The lowest BCUT2D eigenvalue weighted by Gasteiger charge is -2.06. The molecule has 88 valence electrons. The number of ether oxygens (including phenoxy) is 1. The predicted octanol–water partition coefficient (Wildman–Crippen LogP) is 3.97. The summed E-state index contributed by atoms with van der Waals surface area (Å²) in [5.41, 5.74) is 1.63. The van der Waals surface area contributed by atoms with Gasteiger partial charge >= 0.3 is 0 Å². The molecule has 3 nitrogen and oxygen atoms in total. The Hall–Kier alpha value is -1.32. The summed E-state index contributed by atoms with van der Waals surface area (Å²) < 4.78 is 5.57. The highest BCUT2D eigenvalue weighted by molar-refractivity contribution is 6.31. The van der Waals surface area contributed by atoms with Crippen molar-refractivity contribution < 1.29 is 4.74 Å². The Labute approximate surface area is 109 Å². The molecule has 0 bridgehead atoms. The highest BCUT2D eigenvalue weighted by Gasteiger charge is 2.03. The molecule has 2 aromatic rings. The molecule has 0 aliphatic rings. The third-order valence-corrected chi connectivity index (χ3v) is 2.85. The molecular weight excluding hydrogens is 259 g/mol. The SMILES string of the molecule is Cc1cc(Oc2cncc(CCl)n2)ccc1Cl. The van der Waals surface area contributed by atoms with Crippen molar-refractivity contribution in [3.8, 4) is 11.6 Å². The van der Waals surface area contributed by atoms with Gasteiger partial charge in [-0.05, 0) is 30.7 Å². The predicted molar refractivity (Wildman–Crippen MR) is 67.9 cm³/mol. The fourth-order valence-corrected chi connectivity index (χ4v) is 1.55. The molecule has 0 unspecified atom stereocenters. The summed E-state index contributed by atoms with van der Waals surface area (Å²) in [6, 6.07) is 5.41. The topological polar surface area (TPSA) is 35.0 Å². The number of alkyl halides is 1. The van der Waals surface area contributed by atoms with Crippen molar-refractivity contribution in [2.75, 3.05) is 0 Å². The summed E-state index contributed by atoms with van der Waals surface area (Å²) in [5.74, 6) is 1.40. The van der Waals surface area contributed by atoms with Crippen LogP contribution >= 0.6 is 23.2 Å². The molecule has 0 saturated heterocycles. The van der Waals surface area contributed by atoms with E-state index in [0.717, 1.165) is 5.56 Å². The van der Waals surface area contributed by atoms with E-state index in [1.165, 1.54) is 0 Å². The van der Waals surface area contributed by atoms with Crippen LogP contribution in [0.5, 0.6) is 11.6 Å². The molecule has 1 aromatic carbocycles. The fraction of sp³-hybridized carbons (Fsp3) is 0.167. The zero-order valence-electron chi connectivity index (χ0n) is 9.15. The van der Waals surface area contributed by atoms with Gasteiger partial charge < -0.3 is 4.74 Å². The van der Waals surface area contributed by atoms with Crippen molar-refractivity contribution in [3.05, 3.63) is 46.9 Å². The first-order valence-electron chi connectivity index (χ1n) is 5.00. The van der Waals surface area contributed by atoms with Crippen LogP contribution < -0.4 is 4.74 Å². The Balaban J connectivity index is 2.22. The summed E-state index contributed by atoms with van der Waals surface area (Å²) in [7, 11) is 0. The van der Waals surface area contributed by atoms with Crippen LogP contribution in [0.25, 0.3) is 0 Å². The standard InChI is InChI=1S/C12H10Cl2N2O/c1-8-4-10(2-3-11(8)14)17-12-7-15-6-9(5-13)16-12/h2-4,6-7H,5H2,1H3. The molecule has 0 aliphatic heterocycles. The maximum Gasteiger partial charge on any atom is 0.238 e. The van der Waals surface area contributed by atoms with Gasteiger partial charge in [-0.1, -0.05) is 11.6 Å². The van der Waals surface area contributed by atoms with E-state index in [1.807, 2.05) is 13.0 Å². The molecule has 17 heavy (non-hydrogen) atoms. The summed E-state index contributed by atoms with van der Waals surface area (Å²) >= 11 is 11.6. The van der Waals surface area contributed by atoms with Crippen LogP contribution in [-0.4, -0.2) is 9.97 Å². The third kappa shape index (κ3) is 3.08. The van der Waals surface area contributed by atoms with Crippen LogP contribution in [0, 0.1) is 6.92 Å². The van der Waals surface area contributed by atoms with Crippen molar-refractivity contribution in [2.24, 2.45) is 0 Å². The summed E-state index contributed by atoms with van der Waals surface area (Å²) in [4.78, 5) is 8.18. The van der Waals surface area contributed by atoms with Gasteiger partial charge in [0.1, 0.15) is 5.75 Å². The minimum Gasteiger partial charge on any atom is -0.437 e. The first kappa shape index (κ1) is 12.1. The molecule has 0 aliphatic carbocycles. The minimum atomic E-state index is 0.309. The van der Waals surface area contributed by atoms with Crippen LogP contribution in [-0.2, 0) is 5.88 Å². The Morgan fingerprint density at radius 3 is 2.82 bits per heavy atom. The van der Waals surface area contributed by atoms with Crippen molar-refractivity contribution >= 4 is 23.2 Å². The first-order valence-corrected chi connectivity index (χ1v) is 5.91. The number of halogens is 2. The van der Waals surface area contributed by atoms with E-state index in [-0.39, 0.29) is 0 Å². The van der Waals surface area contributed by atoms with E-state index in [2.05, 4.69) is 9.97 Å². The van der Waals surface area contributed by atoms with Gasteiger partial charge in [0.2, 0.25) is 5.88 Å². The van der Waals surface area contributed by atoms with E-state index in [9.17, 15) is 0 Å². The van der Waals surface area contributed by atoms with E-state index in [4.69, 9.17) is 27.9 Å². The largest absolute Gasteiger partial charge is 0.437 e. The molecule has 0 saturated carbocycles. The van der Waals surface area contributed by atoms with Gasteiger partial charge in [0.25, 0.3) is 0 Å². The van der Waals surface area contributed by atoms with Crippen LogP contribution in [0.15, 0.2) is 30.6 Å². The van der Waals surface area contributed by atoms with Crippen LogP contribution in [0.2, 0.25) is 5.02 Å². The number of aromatic nitrogens is 2. The Kier molecular flexibility index (Phi) is 3.82. The number of hydrogen-bond acceptors (Lipinski definition) is 3. The molecule has 2 rings (SSSR count). The van der Waals surface area contributed by atoms with Gasteiger partial charge in [-0.15, -0.1) is 11.6 Å². The second kappa shape index (κ2) is 5.34. The maximum absolute atomic E-state index is 5.93. The Bertz CT molecular complexity index is 532. The maximum atomic E-state index is 5.93. The summed E-state index contributed by atoms with van der Waals surface area (Å²) in [6.07, 6.45) is 3.15. The molecule has 0 amide bonds. The second-order valence-electron chi connectivity index (χ2n) is 3.50. The Morgan fingerprint density at radius 1 is 1.29 bits per heavy atom. The highest BCUT2D eigenvalue weighted by atomic mass is 35.5. The monoisotopic (exact) mass is 268 g/mol. The van der Waals surface area contributed by atoms with E-state index in [0.29, 0.717) is 28.2 Å². The van der Waals surface area contributed by atoms with Crippen LogP contribution in [0.4, 0.5) is 0 Å². The van der Waals surface area contributed by atoms with Gasteiger partial charge in [0.15, 0.2) is 0 Å². The van der Waals surface area contributed by atoms with Crippen molar-refractivity contribution in [2.45, 2.75) is 12.8 Å². The molecule has 5 heteroatoms. The Morgan fingerprint density at radius 2 is 2.12 bits per heavy atom. The molecule has 1 heterocycles. The molecule has 0 spiro atoms. The van der Waals surface area contributed by atoms with Crippen LogP contribution in [0.3, 0.4) is 0 Å². The second-order valence-corrected chi connectivity index (χ2v) is 4.17. The lowest BCUT2D eigenvalue weighted by Crippen LogP contribution is -1.93. The first-order chi connectivity index (χ1) is 8.19. The number of rotatable bonds is 3. The third-order valence-electron chi connectivity index (χ3n) is 2.15. The molecule has 0 atom stereocenters. The lowest BCUT2D eigenvalue weighted by molar-refractivity contribution is 0.458. The fourth-order valence-electron chi connectivity index (χ4n) is 1.30. The number of benzene rings is 1. The molecular formula is C12H10Cl2N2O. The summed E-state index contributed by atoms with van der Waals surface area (Å²) in [6.45, 7) is 1.91. The molecule has 1 aromatic heterocycles. The average molecular weight is 269 g/mol. The van der Waals surface area contributed by atoms with Crippen LogP contribution in [0.1, 0.15) is 11.3 Å². The summed E-state index contributed by atoms with van der Waals surface area (Å²) in [5, 5.41) is 0.706. The quantitative estimate of drug-likeness (QED) is 0.791. The smallest absolute Gasteiger partial charge is 0.238 e. The van der Waals surface area contributed by atoms with Crippen molar-refractivity contribution in [3.63, 3.8) is 0 Å². The molecule has 0 N–H and O–H groups in total. The molecule has 0 radical (unpaired) electrons. The zero-order chi connectivity index (χ0) is 12.3.